The number of amides is 2. The lowest BCUT2D eigenvalue weighted by atomic mass is 9.86. The molecule has 3 aromatic rings. The fraction of sp³-hybridized carbons (Fsp3) is 0.684. The van der Waals surface area contributed by atoms with Gasteiger partial charge in [0.15, 0.2) is 0 Å². The SMILES string of the molecule is O=C(CCCc1cccc(Cc2cn(C3COC4C(NC(=O)C5CC5)COC43)nn2)c1)NC1COC2C1OCC2n1cc(CC2CCCCC2)nn1. The molecule has 6 fully saturated rings. The molecule has 8 atom stereocenters. The largest absolute Gasteiger partial charge is 0.371 e. The molecule has 2 N–H and O–H groups in total. The van der Waals surface area contributed by atoms with Gasteiger partial charge >= 0.3 is 0 Å². The first kappa shape index (κ1) is 34.1. The number of nitrogens with zero attached hydrogens (tertiary/aromatic N) is 6. The Morgan fingerprint density at radius 3 is 2.08 bits per heavy atom. The van der Waals surface area contributed by atoms with Crippen molar-refractivity contribution in [3.8, 4) is 0 Å². The van der Waals surface area contributed by atoms with Crippen LogP contribution in [0.2, 0.25) is 0 Å². The average Bonchev–Trinajstić information content (AvgIpc) is 3.73. The maximum absolute atomic E-state index is 13.0. The highest BCUT2D eigenvalue weighted by Crippen LogP contribution is 2.36. The Hall–Kier alpha value is -3.72. The molecule has 2 saturated carbocycles. The molecule has 2 aromatic heterocycles. The van der Waals surface area contributed by atoms with Crippen molar-refractivity contribution in [3.63, 3.8) is 0 Å². The fourth-order valence-corrected chi connectivity index (χ4v) is 8.95. The third kappa shape index (κ3) is 7.39. The van der Waals surface area contributed by atoms with Gasteiger partial charge in [0.05, 0.1) is 49.9 Å². The molecule has 0 radical (unpaired) electrons. The van der Waals surface area contributed by atoms with Crippen LogP contribution in [0.5, 0.6) is 0 Å². The Balaban J connectivity index is 0.718. The molecule has 6 heterocycles. The summed E-state index contributed by atoms with van der Waals surface area (Å²) in [5, 5.41) is 24.1. The maximum Gasteiger partial charge on any atom is 0.223 e. The molecule has 278 valence electrons. The van der Waals surface area contributed by atoms with Crippen LogP contribution in [0.15, 0.2) is 36.7 Å². The van der Waals surface area contributed by atoms with Gasteiger partial charge in [-0.1, -0.05) is 66.8 Å². The minimum absolute atomic E-state index is 0.0191. The molecule has 4 aliphatic heterocycles. The first-order valence-corrected chi connectivity index (χ1v) is 19.5. The molecule has 14 heteroatoms. The lowest BCUT2D eigenvalue weighted by Gasteiger charge is -2.20. The molecule has 0 bridgehead atoms. The van der Waals surface area contributed by atoms with Crippen molar-refractivity contribution in [2.24, 2.45) is 11.8 Å². The van der Waals surface area contributed by atoms with Crippen LogP contribution < -0.4 is 10.6 Å². The molecular formula is C38H50N8O6. The van der Waals surface area contributed by atoms with Gasteiger partial charge in [-0.15, -0.1) is 10.2 Å². The van der Waals surface area contributed by atoms with Gasteiger partial charge in [0.1, 0.15) is 36.5 Å². The molecule has 52 heavy (non-hydrogen) atoms. The summed E-state index contributed by atoms with van der Waals surface area (Å²) in [6.07, 6.45) is 15.5. The van der Waals surface area contributed by atoms with E-state index in [1.807, 2.05) is 15.6 Å². The van der Waals surface area contributed by atoms with Gasteiger partial charge < -0.3 is 29.6 Å². The molecule has 1 aromatic carbocycles. The van der Waals surface area contributed by atoms with Crippen LogP contribution in [0.25, 0.3) is 0 Å². The quantitative estimate of drug-likeness (QED) is 0.270. The molecule has 14 nitrogen and oxygen atoms in total. The van der Waals surface area contributed by atoms with Crippen LogP contribution in [0.4, 0.5) is 0 Å². The van der Waals surface area contributed by atoms with Crippen LogP contribution in [-0.4, -0.2) is 105 Å². The fourth-order valence-electron chi connectivity index (χ4n) is 8.95. The summed E-state index contributed by atoms with van der Waals surface area (Å²) in [6.45, 7) is 1.88. The summed E-state index contributed by atoms with van der Waals surface area (Å²) in [5.74, 6) is 1.00. The van der Waals surface area contributed by atoms with Crippen LogP contribution in [0.1, 0.15) is 92.4 Å². The number of carbonyl (C=O) groups is 2. The lowest BCUT2D eigenvalue weighted by molar-refractivity contribution is -0.124. The Morgan fingerprint density at radius 2 is 1.37 bits per heavy atom. The third-order valence-corrected chi connectivity index (χ3v) is 11.9. The minimum atomic E-state index is -0.181. The number of hydrogen-bond acceptors (Lipinski definition) is 10. The molecule has 9 rings (SSSR count). The molecule has 6 aliphatic rings. The Bertz CT molecular complexity index is 1720. The summed E-state index contributed by atoms with van der Waals surface area (Å²) in [6, 6.07) is 8.07. The Morgan fingerprint density at radius 1 is 0.731 bits per heavy atom. The standard InChI is InChI=1S/C38H50N8O6/c47-33(39-29-19-49-36-31(21-51-34(29)36)45-17-27(41-43-45)15-24-6-2-1-3-7-24)11-5-9-23-8-4-10-25(14-23)16-28-18-46(44-42-28)32-22-52-35-30(20-50-37(32)35)40-38(48)26-12-13-26/h4,8,10,14,17-18,24,26,29-32,34-37H,1-3,5-7,9,11-13,15-16,19-22H2,(H,39,47)(H,40,48). The van der Waals surface area contributed by atoms with Gasteiger partial charge in [0.2, 0.25) is 11.8 Å². The van der Waals surface area contributed by atoms with Gasteiger partial charge in [0, 0.05) is 31.2 Å². The van der Waals surface area contributed by atoms with E-state index >= 15 is 0 Å². The highest BCUT2D eigenvalue weighted by molar-refractivity contribution is 5.81. The van der Waals surface area contributed by atoms with Crippen molar-refractivity contribution in [3.05, 3.63) is 59.2 Å². The maximum atomic E-state index is 13.0. The number of nitrogens with one attached hydrogen (secondary N) is 2. The second kappa shape index (κ2) is 15.0. The summed E-state index contributed by atoms with van der Waals surface area (Å²) < 4.78 is 28.2. The van der Waals surface area contributed by atoms with E-state index < -0.39 is 0 Å². The van der Waals surface area contributed by atoms with Crippen molar-refractivity contribution in [2.75, 3.05) is 26.4 Å². The number of fused-ring (bicyclic) bond motifs is 2. The number of aromatic nitrogens is 6. The van der Waals surface area contributed by atoms with E-state index in [4.69, 9.17) is 18.9 Å². The van der Waals surface area contributed by atoms with Gasteiger partial charge in [-0.05, 0) is 49.1 Å². The third-order valence-electron chi connectivity index (χ3n) is 11.9. The highest BCUT2D eigenvalue weighted by atomic mass is 16.6. The van der Waals surface area contributed by atoms with E-state index in [2.05, 4.69) is 61.7 Å². The van der Waals surface area contributed by atoms with Crippen molar-refractivity contribution in [1.29, 1.82) is 0 Å². The first-order chi connectivity index (χ1) is 25.5. The minimum Gasteiger partial charge on any atom is -0.371 e. The number of ether oxygens (including phenoxy) is 4. The van der Waals surface area contributed by atoms with E-state index in [9.17, 15) is 9.59 Å². The zero-order chi connectivity index (χ0) is 35.0. The molecule has 2 aliphatic carbocycles. The smallest absolute Gasteiger partial charge is 0.223 e. The van der Waals surface area contributed by atoms with Gasteiger partial charge in [-0.25, -0.2) is 9.36 Å². The number of aryl methyl sites for hydroxylation is 1. The van der Waals surface area contributed by atoms with E-state index in [1.54, 1.807) is 0 Å². The van der Waals surface area contributed by atoms with Crippen molar-refractivity contribution < 1.29 is 28.5 Å². The van der Waals surface area contributed by atoms with Gasteiger partial charge in [0.25, 0.3) is 0 Å². The van der Waals surface area contributed by atoms with Crippen LogP contribution in [-0.2, 0) is 47.8 Å². The zero-order valence-electron chi connectivity index (χ0n) is 29.7. The van der Waals surface area contributed by atoms with E-state index in [-0.39, 0.29) is 66.3 Å². The average molecular weight is 715 g/mol. The molecule has 4 saturated heterocycles. The number of carbonyl (C=O) groups excluding carboxylic acids is 2. The van der Waals surface area contributed by atoms with E-state index in [1.165, 1.54) is 37.7 Å². The molecule has 8 unspecified atom stereocenters. The molecule has 0 spiro atoms. The predicted octanol–water partition coefficient (Wildman–Crippen LogP) is 2.66. The zero-order valence-corrected chi connectivity index (χ0v) is 29.7. The van der Waals surface area contributed by atoms with Crippen LogP contribution in [0.3, 0.4) is 0 Å². The van der Waals surface area contributed by atoms with Crippen molar-refractivity contribution in [2.45, 2.75) is 126 Å². The summed E-state index contributed by atoms with van der Waals surface area (Å²) in [5.41, 5.74) is 4.25. The second-order valence-corrected chi connectivity index (χ2v) is 15.8. The summed E-state index contributed by atoms with van der Waals surface area (Å²) >= 11 is 0. The van der Waals surface area contributed by atoms with E-state index in [0.717, 1.165) is 49.1 Å². The Kier molecular flexibility index (Phi) is 9.80. The van der Waals surface area contributed by atoms with Crippen LogP contribution >= 0.6 is 0 Å². The summed E-state index contributed by atoms with van der Waals surface area (Å²) in [7, 11) is 0. The number of hydrogen-bond donors (Lipinski definition) is 2. The number of benzene rings is 1. The lowest BCUT2D eigenvalue weighted by Crippen LogP contribution is -2.44. The predicted molar refractivity (Wildman–Crippen MR) is 186 cm³/mol. The van der Waals surface area contributed by atoms with Gasteiger partial charge in [-0.2, -0.15) is 0 Å². The first-order valence-electron chi connectivity index (χ1n) is 19.5. The number of rotatable bonds is 13. The topological polar surface area (TPSA) is 157 Å². The van der Waals surface area contributed by atoms with Crippen LogP contribution in [0, 0.1) is 11.8 Å². The highest BCUT2D eigenvalue weighted by Gasteiger charge is 2.51. The normalized spacial score (nSPS) is 31.5. The molecular weight excluding hydrogens is 664 g/mol. The van der Waals surface area contributed by atoms with E-state index in [0.29, 0.717) is 45.2 Å². The van der Waals surface area contributed by atoms with Crippen molar-refractivity contribution >= 4 is 11.8 Å². The second-order valence-electron chi connectivity index (χ2n) is 15.8. The van der Waals surface area contributed by atoms with Crippen molar-refractivity contribution in [1.82, 2.24) is 40.6 Å². The summed E-state index contributed by atoms with van der Waals surface area (Å²) in [4.78, 5) is 25.3. The Labute approximate surface area is 303 Å². The van der Waals surface area contributed by atoms with Gasteiger partial charge in [-0.3, -0.25) is 9.59 Å². The monoisotopic (exact) mass is 714 g/mol. The molecule has 2 amide bonds.